The van der Waals surface area contributed by atoms with Gasteiger partial charge in [0, 0.05) is 24.8 Å². The average Bonchev–Trinajstić information content (AvgIpc) is 3.19. The predicted octanol–water partition coefficient (Wildman–Crippen LogP) is 2.25. The number of hydrogen-bond donors (Lipinski definition) is 1. The van der Waals surface area contributed by atoms with Crippen molar-refractivity contribution in [2.24, 2.45) is 11.8 Å². The Bertz CT molecular complexity index is 707. The second-order valence-corrected chi connectivity index (χ2v) is 7.00. The van der Waals surface area contributed by atoms with Crippen LogP contribution in [0.15, 0.2) is 36.5 Å². The van der Waals surface area contributed by atoms with E-state index in [1.54, 1.807) is 0 Å². The molecule has 2 fully saturated rings. The topological polar surface area (TPSA) is 50.2 Å². The fraction of sp³-hybridized carbons (Fsp3) is 0.474. The Balaban J connectivity index is 1.46. The Morgan fingerprint density at radius 3 is 2.33 bits per heavy atom. The van der Waals surface area contributed by atoms with E-state index in [0.717, 1.165) is 67.8 Å². The van der Waals surface area contributed by atoms with Gasteiger partial charge in [-0.3, -0.25) is 4.79 Å². The molecule has 2 aliphatic rings. The zero-order chi connectivity index (χ0) is 16.5. The number of aryl methyl sites for hydroxylation is 1. The summed E-state index contributed by atoms with van der Waals surface area (Å²) in [5, 5.41) is 7.89. The number of amides is 1. The van der Waals surface area contributed by atoms with Crippen molar-refractivity contribution in [3.63, 3.8) is 0 Å². The lowest BCUT2D eigenvalue weighted by Crippen LogP contribution is -2.32. The third kappa shape index (κ3) is 2.96. The van der Waals surface area contributed by atoms with E-state index in [-0.39, 0.29) is 5.91 Å². The van der Waals surface area contributed by atoms with Gasteiger partial charge < -0.3 is 10.2 Å². The zero-order valence-corrected chi connectivity index (χ0v) is 14.1. The van der Waals surface area contributed by atoms with Gasteiger partial charge in [-0.05, 0) is 75.0 Å². The van der Waals surface area contributed by atoms with Gasteiger partial charge in [-0.15, -0.1) is 0 Å². The third-order valence-corrected chi connectivity index (χ3v) is 5.41. The van der Waals surface area contributed by atoms with Gasteiger partial charge in [-0.25, -0.2) is 4.68 Å². The van der Waals surface area contributed by atoms with E-state index in [1.807, 2.05) is 53.0 Å². The van der Waals surface area contributed by atoms with E-state index in [0.29, 0.717) is 0 Å². The largest absolute Gasteiger partial charge is 0.339 e. The van der Waals surface area contributed by atoms with Gasteiger partial charge in [0.05, 0.1) is 11.4 Å². The number of nitrogens with zero attached hydrogens (tertiary/aromatic N) is 3. The van der Waals surface area contributed by atoms with Crippen molar-refractivity contribution in [1.82, 2.24) is 20.0 Å². The first-order valence-corrected chi connectivity index (χ1v) is 8.83. The zero-order valence-electron chi connectivity index (χ0n) is 14.1. The van der Waals surface area contributed by atoms with Crippen molar-refractivity contribution in [1.29, 1.82) is 0 Å². The van der Waals surface area contributed by atoms with Crippen LogP contribution in [0.5, 0.6) is 0 Å². The second kappa shape index (κ2) is 6.40. The number of carbonyl (C=O) groups is 1. The normalized spacial score (nSPS) is 23.8. The molecule has 0 aliphatic carbocycles. The Morgan fingerprint density at radius 2 is 1.75 bits per heavy atom. The van der Waals surface area contributed by atoms with Gasteiger partial charge >= 0.3 is 0 Å². The number of hydrogen-bond acceptors (Lipinski definition) is 3. The van der Waals surface area contributed by atoms with E-state index >= 15 is 0 Å². The summed E-state index contributed by atoms with van der Waals surface area (Å²) in [6.45, 7) is 5.96. The molecular weight excluding hydrogens is 300 g/mol. The molecule has 126 valence electrons. The van der Waals surface area contributed by atoms with E-state index in [1.165, 1.54) is 0 Å². The monoisotopic (exact) mass is 324 g/mol. The maximum atomic E-state index is 12.8. The van der Waals surface area contributed by atoms with Crippen LogP contribution in [-0.2, 0) is 0 Å². The predicted molar refractivity (Wildman–Crippen MR) is 93.3 cm³/mol. The van der Waals surface area contributed by atoms with Crippen LogP contribution in [0, 0.1) is 18.8 Å². The van der Waals surface area contributed by atoms with Crippen molar-refractivity contribution in [2.75, 3.05) is 26.2 Å². The molecule has 2 aromatic rings. The first-order chi connectivity index (χ1) is 11.7. The van der Waals surface area contributed by atoms with Gasteiger partial charge in [-0.2, -0.15) is 5.10 Å². The fourth-order valence-corrected chi connectivity index (χ4v) is 3.92. The van der Waals surface area contributed by atoms with E-state index in [9.17, 15) is 4.79 Å². The van der Waals surface area contributed by atoms with Crippen molar-refractivity contribution in [2.45, 2.75) is 19.8 Å². The summed E-state index contributed by atoms with van der Waals surface area (Å²) in [5.74, 6) is 1.65. The Kier molecular flexibility index (Phi) is 4.10. The third-order valence-electron chi connectivity index (χ3n) is 5.41. The summed E-state index contributed by atoms with van der Waals surface area (Å²) in [5.41, 5.74) is 2.74. The van der Waals surface area contributed by atoms with Crippen LogP contribution in [0.25, 0.3) is 5.69 Å². The molecule has 0 bridgehead atoms. The standard InChI is InChI=1S/C19H24N4O/c1-14-6-11-23(21-14)18-4-2-15(3-5-18)19(24)22-9-7-16-12-20-13-17(16)8-10-22/h2-6,11,16-17,20H,7-10,12-13H2,1H3/t16-,17+. The summed E-state index contributed by atoms with van der Waals surface area (Å²) < 4.78 is 1.84. The van der Waals surface area contributed by atoms with E-state index in [4.69, 9.17) is 0 Å². The molecule has 5 heteroatoms. The molecule has 1 aromatic heterocycles. The van der Waals surface area contributed by atoms with Gasteiger partial charge in [0.15, 0.2) is 0 Å². The smallest absolute Gasteiger partial charge is 0.253 e. The van der Waals surface area contributed by atoms with Crippen LogP contribution in [0.1, 0.15) is 28.9 Å². The first-order valence-electron chi connectivity index (χ1n) is 8.83. The van der Waals surface area contributed by atoms with Crippen LogP contribution in [0.3, 0.4) is 0 Å². The number of benzene rings is 1. The molecule has 1 amide bonds. The molecule has 4 rings (SSSR count). The summed E-state index contributed by atoms with van der Waals surface area (Å²) >= 11 is 0. The van der Waals surface area contributed by atoms with Crippen molar-refractivity contribution in [3.05, 3.63) is 47.8 Å². The number of fused-ring (bicyclic) bond motifs is 1. The quantitative estimate of drug-likeness (QED) is 0.922. The van der Waals surface area contributed by atoms with Crippen molar-refractivity contribution in [3.8, 4) is 5.69 Å². The Hall–Kier alpha value is -2.14. The number of carbonyl (C=O) groups excluding carboxylic acids is 1. The van der Waals surface area contributed by atoms with Crippen molar-refractivity contribution < 1.29 is 4.79 Å². The van der Waals surface area contributed by atoms with Crippen LogP contribution in [0.4, 0.5) is 0 Å². The average molecular weight is 324 g/mol. The molecule has 1 N–H and O–H groups in total. The van der Waals surface area contributed by atoms with Gasteiger partial charge in [0.1, 0.15) is 0 Å². The fourth-order valence-electron chi connectivity index (χ4n) is 3.92. The minimum absolute atomic E-state index is 0.158. The lowest BCUT2D eigenvalue weighted by molar-refractivity contribution is 0.0758. The maximum absolute atomic E-state index is 12.8. The highest BCUT2D eigenvalue weighted by molar-refractivity contribution is 5.94. The molecule has 0 saturated carbocycles. The van der Waals surface area contributed by atoms with Crippen LogP contribution in [0.2, 0.25) is 0 Å². The molecule has 1 aromatic carbocycles. The molecule has 2 aliphatic heterocycles. The lowest BCUT2D eigenvalue weighted by atomic mass is 9.92. The van der Waals surface area contributed by atoms with Crippen LogP contribution in [-0.4, -0.2) is 46.8 Å². The van der Waals surface area contributed by atoms with E-state index in [2.05, 4.69) is 10.4 Å². The molecule has 0 spiro atoms. The summed E-state index contributed by atoms with van der Waals surface area (Å²) in [4.78, 5) is 14.8. The van der Waals surface area contributed by atoms with Crippen LogP contribution < -0.4 is 5.32 Å². The summed E-state index contributed by atoms with van der Waals surface area (Å²) in [6.07, 6.45) is 4.18. The number of rotatable bonds is 2. The summed E-state index contributed by atoms with van der Waals surface area (Å²) in [7, 11) is 0. The highest BCUT2D eigenvalue weighted by atomic mass is 16.2. The molecule has 2 atom stereocenters. The molecule has 5 nitrogen and oxygen atoms in total. The first kappa shape index (κ1) is 15.4. The Morgan fingerprint density at radius 1 is 1.08 bits per heavy atom. The Labute approximate surface area is 142 Å². The van der Waals surface area contributed by atoms with Crippen molar-refractivity contribution >= 4 is 5.91 Å². The minimum Gasteiger partial charge on any atom is -0.339 e. The SMILES string of the molecule is Cc1ccn(-c2ccc(C(=O)N3CC[C@@H]4CNC[C@@H]4CC3)cc2)n1. The second-order valence-electron chi connectivity index (χ2n) is 7.00. The minimum atomic E-state index is 0.158. The molecule has 2 saturated heterocycles. The van der Waals surface area contributed by atoms with Gasteiger partial charge in [0.25, 0.3) is 5.91 Å². The highest BCUT2D eigenvalue weighted by Crippen LogP contribution is 2.27. The highest BCUT2D eigenvalue weighted by Gasteiger charge is 2.31. The van der Waals surface area contributed by atoms with Gasteiger partial charge in [0.2, 0.25) is 0 Å². The number of aromatic nitrogens is 2. The molecule has 24 heavy (non-hydrogen) atoms. The number of likely N-dealkylation sites (tertiary alicyclic amines) is 1. The number of nitrogens with one attached hydrogen (secondary N) is 1. The lowest BCUT2D eigenvalue weighted by Gasteiger charge is -2.21. The summed E-state index contributed by atoms with van der Waals surface area (Å²) in [6, 6.07) is 9.75. The van der Waals surface area contributed by atoms with E-state index < -0.39 is 0 Å². The molecular formula is C19H24N4O. The maximum Gasteiger partial charge on any atom is 0.253 e. The molecule has 3 heterocycles. The van der Waals surface area contributed by atoms with Crippen LogP contribution >= 0.6 is 0 Å². The molecule has 0 radical (unpaired) electrons. The molecule has 0 unspecified atom stereocenters. The van der Waals surface area contributed by atoms with Gasteiger partial charge in [-0.1, -0.05) is 0 Å².